The van der Waals surface area contributed by atoms with Gasteiger partial charge in [0.25, 0.3) is 0 Å². The van der Waals surface area contributed by atoms with Gasteiger partial charge in [0, 0.05) is 13.1 Å². The van der Waals surface area contributed by atoms with E-state index in [1.807, 2.05) is 20.8 Å². The minimum Gasteiger partial charge on any atom is -0.479 e. The van der Waals surface area contributed by atoms with Crippen LogP contribution in [-0.2, 0) is 9.53 Å². The number of aliphatic carboxylic acids is 1. The van der Waals surface area contributed by atoms with Gasteiger partial charge < -0.3 is 19.8 Å². The highest BCUT2D eigenvalue weighted by Crippen LogP contribution is 2.23. The first-order valence-corrected chi connectivity index (χ1v) is 7.58. The van der Waals surface area contributed by atoms with Gasteiger partial charge in [-0.05, 0) is 58.8 Å². The lowest BCUT2D eigenvalue weighted by Crippen LogP contribution is -2.42. The third-order valence-corrected chi connectivity index (χ3v) is 3.55. The Morgan fingerprint density at radius 2 is 2.05 bits per heavy atom. The number of likely N-dealkylation sites (tertiary alicyclic amines) is 1. The molecule has 6 heteroatoms. The van der Waals surface area contributed by atoms with E-state index in [2.05, 4.69) is 0 Å². The molecule has 0 aromatic rings. The third kappa shape index (κ3) is 6.80. The highest BCUT2D eigenvalue weighted by Gasteiger charge is 2.27. The predicted octanol–water partition coefficient (Wildman–Crippen LogP) is 2.25. The fraction of sp³-hybridized carbons (Fsp3) is 0.867. The first-order valence-electron chi connectivity index (χ1n) is 7.58. The molecular formula is C15H27NO5. The first-order chi connectivity index (χ1) is 9.69. The average molecular weight is 301 g/mol. The topological polar surface area (TPSA) is 87.1 Å². The van der Waals surface area contributed by atoms with Gasteiger partial charge in [-0.15, -0.1) is 0 Å². The van der Waals surface area contributed by atoms with Crippen molar-refractivity contribution in [2.24, 2.45) is 5.92 Å². The molecule has 0 saturated carbocycles. The Labute approximate surface area is 126 Å². The zero-order valence-corrected chi connectivity index (χ0v) is 13.2. The maximum absolute atomic E-state index is 12.0. The summed E-state index contributed by atoms with van der Waals surface area (Å²) in [6.07, 6.45) is 2.14. The second-order valence-electron chi connectivity index (χ2n) is 6.72. The highest BCUT2D eigenvalue weighted by atomic mass is 16.6. The highest BCUT2D eigenvalue weighted by molar-refractivity contribution is 5.71. The van der Waals surface area contributed by atoms with Gasteiger partial charge in [0.1, 0.15) is 5.60 Å². The summed E-state index contributed by atoms with van der Waals surface area (Å²) in [5, 5.41) is 17.9. The third-order valence-electron chi connectivity index (χ3n) is 3.55. The summed E-state index contributed by atoms with van der Waals surface area (Å²) in [7, 11) is 0. The van der Waals surface area contributed by atoms with Crippen LogP contribution in [0.15, 0.2) is 0 Å². The minimum atomic E-state index is -1.28. The van der Waals surface area contributed by atoms with Crippen LogP contribution in [0.5, 0.6) is 0 Å². The number of aliphatic hydroxyl groups is 1. The molecule has 122 valence electrons. The maximum Gasteiger partial charge on any atom is 0.410 e. The van der Waals surface area contributed by atoms with Gasteiger partial charge in [-0.2, -0.15) is 0 Å². The number of carbonyl (C=O) groups excluding carboxylic acids is 1. The summed E-state index contributed by atoms with van der Waals surface area (Å²) >= 11 is 0. The zero-order chi connectivity index (χ0) is 16.0. The molecule has 0 aliphatic carbocycles. The molecule has 1 saturated heterocycles. The van der Waals surface area contributed by atoms with E-state index >= 15 is 0 Å². The molecule has 0 bridgehead atoms. The molecular weight excluding hydrogens is 274 g/mol. The second-order valence-corrected chi connectivity index (χ2v) is 6.72. The van der Waals surface area contributed by atoms with Crippen molar-refractivity contribution in [2.45, 2.75) is 64.6 Å². The summed E-state index contributed by atoms with van der Waals surface area (Å²) in [5.74, 6) is -0.818. The Morgan fingerprint density at radius 1 is 1.38 bits per heavy atom. The fourth-order valence-electron chi connectivity index (χ4n) is 2.52. The van der Waals surface area contributed by atoms with Gasteiger partial charge in [0.05, 0.1) is 0 Å². The van der Waals surface area contributed by atoms with Crippen molar-refractivity contribution in [1.29, 1.82) is 0 Å². The van der Waals surface area contributed by atoms with E-state index in [4.69, 9.17) is 9.84 Å². The quantitative estimate of drug-likeness (QED) is 0.813. The molecule has 1 amide bonds. The summed E-state index contributed by atoms with van der Waals surface area (Å²) in [6, 6.07) is 0. The number of carbonyl (C=O) groups is 2. The second kappa shape index (κ2) is 7.64. The van der Waals surface area contributed by atoms with Crippen molar-refractivity contribution in [2.75, 3.05) is 13.1 Å². The average Bonchev–Trinajstić information content (AvgIpc) is 2.36. The van der Waals surface area contributed by atoms with Crippen molar-refractivity contribution in [3.8, 4) is 0 Å². The van der Waals surface area contributed by atoms with Crippen LogP contribution in [0.2, 0.25) is 0 Å². The maximum atomic E-state index is 12.0. The van der Waals surface area contributed by atoms with Gasteiger partial charge >= 0.3 is 12.1 Å². The number of carboxylic acids is 1. The molecule has 1 aliphatic heterocycles. The van der Waals surface area contributed by atoms with Crippen LogP contribution in [0, 0.1) is 5.92 Å². The number of carboxylic acid groups (broad SMARTS) is 1. The number of piperidine rings is 1. The molecule has 0 radical (unpaired) electrons. The largest absolute Gasteiger partial charge is 0.479 e. The molecule has 0 aromatic heterocycles. The van der Waals surface area contributed by atoms with Crippen LogP contribution in [-0.4, -0.2) is 52.0 Å². The summed E-state index contributed by atoms with van der Waals surface area (Å²) in [4.78, 5) is 24.3. The molecule has 6 nitrogen and oxygen atoms in total. The van der Waals surface area contributed by atoms with E-state index in [-0.39, 0.29) is 12.5 Å². The number of ether oxygens (including phenoxy) is 1. The Balaban J connectivity index is 2.35. The predicted molar refractivity (Wildman–Crippen MR) is 78.0 cm³/mol. The number of hydrogen-bond donors (Lipinski definition) is 2. The van der Waals surface area contributed by atoms with Crippen molar-refractivity contribution in [3.63, 3.8) is 0 Å². The van der Waals surface area contributed by atoms with Crippen LogP contribution in [0.3, 0.4) is 0 Å². The van der Waals surface area contributed by atoms with Gasteiger partial charge in [0.2, 0.25) is 0 Å². The number of aliphatic hydroxyl groups excluding tert-OH is 1. The summed E-state index contributed by atoms with van der Waals surface area (Å²) < 4.78 is 5.37. The number of nitrogens with zero attached hydrogens (tertiary/aromatic N) is 1. The Bertz CT molecular complexity index is 364. The van der Waals surface area contributed by atoms with E-state index in [1.165, 1.54) is 0 Å². The normalized spacial score (nSPS) is 21.0. The standard InChI is InChI=1S/C15H27NO5/c1-15(2,3)21-14(20)16-9-5-7-11(10-16)6-4-8-12(17)13(18)19/h11-12,17H,4-10H2,1-3H3,(H,18,19). The van der Waals surface area contributed by atoms with Gasteiger partial charge in [-0.1, -0.05) is 0 Å². The van der Waals surface area contributed by atoms with E-state index in [9.17, 15) is 14.7 Å². The molecule has 2 unspecified atom stereocenters. The van der Waals surface area contributed by atoms with Crippen LogP contribution in [0.25, 0.3) is 0 Å². The first kappa shape index (κ1) is 17.8. The molecule has 1 heterocycles. The lowest BCUT2D eigenvalue weighted by Gasteiger charge is -2.34. The summed E-state index contributed by atoms with van der Waals surface area (Å²) in [6.45, 7) is 6.90. The zero-order valence-electron chi connectivity index (χ0n) is 13.2. The molecule has 1 fully saturated rings. The fourth-order valence-corrected chi connectivity index (χ4v) is 2.52. The molecule has 2 atom stereocenters. The Kier molecular flexibility index (Phi) is 6.45. The minimum absolute atomic E-state index is 0.262. The van der Waals surface area contributed by atoms with Gasteiger partial charge in [-0.3, -0.25) is 0 Å². The number of rotatable bonds is 5. The van der Waals surface area contributed by atoms with Crippen molar-refractivity contribution < 1.29 is 24.5 Å². The molecule has 1 aliphatic rings. The number of hydrogen-bond acceptors (Lipinski definition) is 4. The van der Waals surface area contributed by atoms with Crippen LogP contribution >= 0.6 is 0 Å². The van der Waals surface area contributed by atoms with Crippen molar-refractivity contribution in [1.82, 2.24) is 4.90 Å². The molecule has 0 spiro atoms. The monoisotopic (exact) mass is 301 g/mol. The van der Waals surface area contributed by atoms with Gasteiger partial charge in [-0.25, -0.2) is 9.59 Å². The van der Waals surface area contributed by atoms with Crippen LogP contribution in [0.4, 0.5) is 4.79 Å². The van der Waals surface area contributed by atoms with E-state index in [0.29, 0.717) is 25.4 Å². The van der Waals surface area contributed by atoms with E-state index in [1.54, 1.807) is 4.90 Å². The van der Waals surface area contributed by atoms with Crippen LogP contribution < -0.4 is 0 Å². The molecule has 1 rings (SSSR count). The van der Waals surface area contributed by atoms with Crippen molar-refractivity contribution in [3.05, 3.63) is 0 Å². The van der Waals surface area contributed by atoms with Crippen LogP contribution in [0.1, 0.15) is 52.9 Å². The van der Waals surface area contributed by atoms with E-state index in [0.717, 1.165) is 19.3 Å². The molecule has 2 N–H and O–H groups in total. The van der Waals surface area contributed by atoms with E-state index < -0.39 is 17.7 Å². The molecule has 21 heavy (non-hydrogen) atoms. The van der Waals surface area contributed by atoms with Crippen molar-refractivity contribution >= 4 is 12.1 Å². The Morgan fingerprint density at radius 3 is 2.62 bits per heavy atom. The van der Waals surface area contributed by atoms with Gasteiger partial charge in [0.15, 0.2) is 6.10 Å². The summed E-state index contributed by atoms with van der Waals surface area (Å²) in [5.41, 5.74) is -0.490. The SMILES string of the molecule is CC(C)(C)OC(=O)N1CCCC(CCCC(O)C(=O)O)C1. The molecule has 0 aromatic carbocycles. The Hall–Kier alpha value is -1.30. The lowest BCUT2D eigenvalue weighted by atomic mass is 9.92. The smallest absolute Gasteiger partial charge is 0.410 e. The lowest BCUT2D eigenvalue weighted by molar-refractivity contribution is -0.147. The number of amides is 1.